The van der Waals surface area contributed by atoms with Crippen LogP contribution in [0.1, 0.15) is 11.7 Å². The van der Waals surface area contributed by atoms with E-state index in [0.29, 0.717) is 6.04 Å². The maximum atomic E-state index is 4.14. The van der Waals surface area contributed by atoms with Crippen LogP contribution in [-0.4, -0.2) is 41.1 Å². The Balaban J connectivity index is 2.19. The molecule has 0 bridgehead atoms. The summed E-state index contributed by atoms with van der Waals surface area (Å²) in [5.41, 5.74) is 1.29. The molecule has 1 saturated heterocycles. The van der Waals surface area contributed by atoms with Crippen molar-refractivity contribution in [3.8, 4) is 0 Å². The van der Waals surface area contributed by atoms with E-state index in [0.717, 1.165) is 19.6 Å². The molecule has 0 radical (unpaired) electrons. The van der Waals surface area contributed by atoms with Crippen LogP contribution in [0.4, 0.5) is 0 Å². The number of rotatable bonds is 1. The molecule has 0 saturated carbocycles. The predicted octanol–water partition coefficient (Wildman–Crippen LogP) is -0.00380. The predicted molar refractivity (Wildman–Crippen MR) is 51.4 cm³/mol. The van der Waals surface area contributed by atoms with Gasteiger partial charge in [0.25, 0.3) is 0 Å². The Hall–Kier alpha value is -0.870. The van der Waals surface area contributed by atoms with Gasteiger partial charge in [-0.3, -0.25) is 4.90 Å². The average molecular weight is 180 g/mol. The van der Waals surface area contributed by atoms with Crippen LogP contribution in [0.2, 0.25) is 0 Å². The van der Waals surface area contributed by atoms with Crippen LogP contribution in [0.3, 0.4) is 0 Å². The Bertz CT molecular complexity index is 281. The van der Waals surface area contributed by atoms with Crippen LogP contribution >= 0.6 is 0 Å². The molecule has 1 unspecified atom stereocenters. The van der Waals surface area contributed by atoms with Gasteiger partial charge in [-0.05, 0) is 7.05 Å². The van der Waals surface area contributed by atoms with Crippen molar-refractivity contribution >= 4 is 0 Å². The first-order valence-electron chi connectivity index (χ1n) is 4.66. The van der Waals surface area contributed by atoms with Gasteiger partial charge in [-0.15, -0.1) is 0 Å². The fourth-order valence-corrected chi connectivity index (χ4v) is 1.82. The lowest BCUT2D eigenvalue weighted by atomic mass is 10.1. The zero-order valence-corrected chi connectivity index (χ0v) is 8.20. The summed E-state index contributed by atoms with van der Waals surface area (Å²) in [6, 6.07) is 0.473. The summed E-state index contributed by atoms with van der Waals surface area (Å²) >= 11 is 0. The zero-order chi connectivity index (χ0) is 9.26. The largest absolute Gasteiger partial charge is 0.336 e. The number of aryl methyl sites for hydroxylation is 1. The number of hydrogen-bond acceptors (Lipinski definition) is 3. The lowest BCUT2D eigenvalue weighted by molar-refractivity contribution is 0.195. The molecule has 0 spiro atoms. The fraction of sp³-hybridized carbons (Fsp3) is 0.667. The van der Waals surface area contributed by atoms with Gasteiger partial charge in [0.2, 0.25) is 0 Å². The molecule has 1 aromatic heterocycles. The van der Waals surface area contributed by atoms with Crippen molar-refractivity contribution in [1.82, 2.24) is 19.8 Å². The summed E-state index contributed by atoms with van der Waals surface area (Å²) in [7, 11) is 4.21. The van der Waals surface area contributed by atoms with E-state index in [1.807, 2.05) is 19.6 Å². The Kier molecular flexibility index (Phi) is 2.33. The molecule has 1 N–H and O–H groups in total. The molecule has 0 amide bonds. The maximum absolute atomic E-state index is 4.14. The number of imidazole rings is 1. The van der Waals surface area contributed by atoms with E-state index in [2.05, 4.69) is 26.8 Å². The average Bonchev–Trinajstić information content (AvgIpc) is 2.52. The number of hydrogen-bond donors (Lipinski definition) is 1. The molecule has 2 rings (SSSR count). The second kappa shape index (κ2) is 3.47. The van der Waals surface area contributed by atoms with Crippen molar-refractivity contribution in [2.45, 2.75) is 6.04 Å². The SMILES string of the molecule is CN1CCNCC1c1cncn1C. The van der Waals surface area contributed by atoms with E-state index in [1.165, 1.54) is 5.69 Å². The lowest BCUT2D eigenvalue weighted by Crippen LogP contribution is -2.44. The second-order valence-corrected chi connectivity index (χ2v) is 3.63. The number of aromatic nitrogens is 2. The maximum Gasteiger partial charge on any atom is 0.0946 e. The highest BCUT2D eigenvalue weighted by Crippen LogP contribution is 2.18. The third kappa shape index (κ3) is 1.59. The quantitative estimate of drug-likeness (QED) is 0.660. The van der Waals surface area contributed by atoms with Crippen molar-refractivity contribution < 1.29 is 0 Å². The Morgan fingerprint density at radius 1 is 1.54 bits per heavy atom. The Labute approximate surface area is 78.6 Å². The molecular weight excluding hydrogens is 164 g/mol. The van der Waals surface area contributed by atoms with Crippen LogP contribution in [-0.2, 0) is 7.05 Å². The summed E-state index contributed by atoms with van der Waals surface area (Å²) in [6.07, 6.45) is 3.81. The van der Waals surface area contributed by atoms with Crippen LogP contribution in [0.5, 0.6) is 0 Å². The highest BCUT2D eigenvalue weighted by atomic mass is 15.2. The van der Waals surface area contributed by atoms with E-state index in [-0.39, 0.29) is 0 Å². The minimum absolute atomic E-state index is 0.473. The van der Waals surface area contributed by atoms with Gasteiger partial charge < -0.3 is 9.88 Å². The monoisotopic (exact) mass is 180 g/mol. The minimum Gasteiger partial charge on any atom is -0.336 e. The smallest absolute Gasteiger partial charge is 0.0946 e. The number of nitrogens with one attached hydrogen (secondary N) is 1. The third-order valence-electron chi connectivity index (χ3n) is 2.71. The molecule has 1 fully saturated rings. The van der Waals surface area contributed by atoms with E-state index in [4.69, 9.17) is 0 Å². The summed E-state index contributed by atoms with van der Waals surface area (Å²) in [4.78, 5) is 6.51. The summed E-state index contributed by atoms with van der Waals surface area (Å²) in [6.45, 7) is 3.22. The molecule has 4 nitrogen and oxygen atoms in total. The molecule has 1 aromatic rings. The van der Waals surface area contributed by atoms with E-state index < -0.39 is 0 Å². The van der Waals surface area contributed by atoms with Gasteiger partial charge in [0.1, 0.15) is 0 Å². The standard InChI is InChI=1S/C9H16N4/c1-12-4-3-10-5-8(12)9-6-11-7-13(9)2/h6-8,10H,3-5H2,1-2H3. The Morgan fingerprint density at radius 2 is 2.38 bits per heavy atom. The first-order chi connectivity index (χ1) is 6.29. The van der Waals surface area contributed by atoms with Crippen LogP contribution < -0.4 is 5.32 Å². The van der Waals surface area contributed by atoms with Gasteiger partial charge >= 0.3 is 0 Å². The normalized spacial score (nSPS) is 24.9. The molecule has 1 aliphatic heterocycles. The van der Waals surface area contributed by atoms with Crippen molar-refractivity contribution in [3.63, 3.8) is 0 Å². The van der Waals surface area contributed by atoms with Crippen molar-refractivity contribution in [2.75, 3.05) is 26.7 Å². The van der Waals surface area contributed by atoms with Crippen molar-refractivity contribution in [1.29, 1.82) is 0 Å². The highest BCUT2D eigenvalue weighted by molar-refractivity contribution is 5.06. The highest BCUT2D eigenvalue weighted by Gasteiger charge is 2.22. The number of nitrogens with zero attached hydrogens (tertiary/aromatic N) is 3. The van der Waals surface area contributed by atoms with E-state index in [1.54, 1.807) is 0 Å². The molecule has 2 heterocycles. The number of piperazine rings is 1. The zero-order valence-electron chi connectivity index (χ0n) is 8.20. The van der Waals surface area contributed by atoms with Gasteiger partial charge in [0.15, 0.2) is 0 Å². The van der Waals surface area contributed by atoms with Gasteiger partial charge in [0, 0.05) is 32.9 Å². The van der Waals surface area contributed by atoms with Gasteiger partial charge in [-0.1, -0.05) is 0 Å². The summed E-state index contributed by atoms with van der Waals surface area (Å²) in [5.74, 6) is 0. The first-order valence-corrected chi connectivity index (χ1v) is 4.66. The molecule has 1 atom stereocenters. The molecular formula is C9H16N4. The van der Waals surface area contributed by atoms with Gasteiger partial charge in [-0.25, -0.2) is 4.98 Å². The summed E-state index contributed by atoms with van der Waals surface area (Å²) < 4.78 is 2.09. The van der Waals surface area contributed by atoms with E-state index >= 15 is 0 Å². The minimum atomic E-state index is 0.473. The van der Waals surface area contributed by atoms with Crippen LogP contribution in [0.25, 0.3) is 0 Å². The van der Waals surface area contributed by atoms with Crippen molar-refractivity contribution in [3.05, 3.63) is 18.2 Å². The molecule has 4 heteroatoms. The first kappa shape index (κ1) is 8.72. The van der Waals surface area contributed by atoms with Crippen LogP contribution in [0, 0.1) is 0 Å². The molecule has 0 aromatic carbocycles. The van der Waals surface area contributed by atoms with Crippen molar-refractivity contribution in [2.24, 2.45) is 7.05 Å². The fourth-order valence-electron chi connectivity index (χ4n) is 1.82. The van der Waals surface area contributed by atoms with Gasteiger partial charge in [-0.2, -0.15) is 0 Å². The molecule has 1 aliphatic rings. The molecule has 13 heavy (non-hydrogen) atoms. The van der Waals surface area contributed by atoms with E-state index in [9.17, 15) is 0 Å². The molecule has 0 aliphatic carbocycles. The Morgan fingerprint density at radius 3 is 3.00 bits per heavy atom. The van der Waals surface area contributed by atoms with Gasteiger partial charge in [0.05, 0.1) is 18.1 Å². The summed E-state index contributed by atoms with van der Waals surface area (Å²) in [5, 5.41) is 3.40. The second-order valence-electron chi connectivity index (χ2n) is 3.63. The number of likely N-dealkylation sites (N-methyl/N-ethyl adjacent to an activating group) is 1. The van der Waals surface area contributed by atoms with Crippen LogP contribution in [0.15, 0.2) is 12.5 Å². The lowest BCUT2D eigenvalue weighted by Gasteiger charge is -2.32. The topological polar surface area (TPSA) is 33.1 Å². The third-order valence-corrected chi connectivity index (χ3v) is 2.71. The molecule has 72 valence electrons.